The maximum atomic E-state index is 11.3. The summed E-state index contributed by atoms with van der Waals surface area (Å²) in [6, 6.07) is 14.8. The SMILES string of the molecule is O=Cc1cccc2ccn(Cc3ccc4c(c3)CCC4)c12. The Balaban J connectivity index is 1.76. The molecule has 0 unspecified atom stereocenters. The van der Waals surface area contributed by atoms with Gasteiger partial charge in [-0.25, -0.2) is 0 Å². The molecule has 0 aliphatic heterocycles. The van der Waals surface area contributed by atoms with Crippen molar-refractivity contribution in [3.8, 4) is 0 Å². The van der Waals surface area contributed by atoms with Crippen LogP contribution in [-0.2, 0) is 19.4 Å². The maximum absolute atomic E-state index is 11.3. The number of carbonyl (C=O) groups excluding carboxylic acids is 1. The van der Waals surface area contributed by atoms with Gasteiger partial charge in [0.05, 0.1) is 5.52 Å². The van der Waals surface area contributed by atoms with Gasteiger partial charge in [-0.3, -0.25) is 4.79 Å². The average molecular weight is 275 g/mol. The van der Waals surface area contributed by atoms with E-state index >= 15 is 0 Å². The lowest BCUT2D eigenvalue weighted by molar-refractivity contribution is 0.112. The first-order valence-corrected chi connectivity index (χ1v) is 7.49. The molecule has 21 heavy (non-hydrogen) atoms. The van der Waals surface area contributed by atoms with Crippen LogP contribution in [0.15, 0.2) is 48.7 Å². The highest BCUT2D eigenvalue weighted by atomic mass is 16.1. The third kappa shape index (κ3) is 2.07. The van der Waals surface area contributed by atoms with Crippen molar-refractivity contribution in [2.75, 3.05) is 0 Å². The summed E-state index contributed by atoms with van der Waals surface area (Å²) in [5.74, 6) is 0. The summed E-state index contributed by atoms with van der Waals surface area (Å²) in [4.78, 5) is 11.3. The number of benzene rings is 2. The van der Waals surface area contributed by atoms with Crippen molar-refractivity contribution in [2.24, 2.45) is 0 Å². The van der Waals surface area contributed by atoms with Gasteiger partial charge in [0.1, 0.15) is 0 Å². The van der Waals surface area contributed by atoms with Crippen molar-refractivity contribution < 1.29 is 4.79 Å². The smallest absolute Gasteiger partial charge is 0.152 e. The van der Waals surface area contributed by atoms with E-state index in [0.717, 1.165) is 29.3 Å². The summed E-state index contributed by atoms with van der Waals surface area (Å²) < 4.78 is 2.18. The normalized spacial score (nSPS) is 13.5. The minimum atomic E-state index is 0.763. The van der Waals surface area contributed by atoms with Gasteiger partial charge in [0, 0.05) is 23.7 Å². The minimum absolute atomic E-state index is 0.763. The summed E-state index contributed by atoms with van der Waals surface area (Å²) in [5, 5.41) is 1.13. The van der Waals surface area contributed by atoms with Crippen LogP contribution in [0.2, 0.25) is 0 Å². The number of hydrogen-bond donors (Lipinski definition) is 0. The van der Waals surface area contributed by atoms with Crippen LogP contribution in [0.4, 0.5) is 0 Å². The quantitative estimate of drug-likeness (QED) is 0.662. The standard InChI is InChI=1S/C19H17NO/c21-13-18-6-2-4-16-9-10-20(19(16)18)12-14-7-8-15-3-1-5-17(15)11-14/h2,4,6-11,13H,1,3,5,12H2. The second-order valence-corrected chi connectivity index (χ2v) is 5.80. The number of para-hydroxylation sites is 1. The van der Waals surface area contributed by atoms with Crippen molar-refractivity contribution in [3.05, 3.63) is 70.9 Å². The Morgan fingerprint density at radius 2 is 1.95 bits per heavy atom. The van der Waals surface area contributed by atoms with Gasteiger partial charge in [0.25, 0.3) is 0 Å². The van der Waals surface area contributed by atoms with Crippen molar-refractivity contribution in [1.82, 2.24) is 4.57 Å². The first-order chi connectivity index (χ1) is 10.3. The van der Waals surface area contributed by atoms with Gasteiger partial charge in [-0.1, -0.05) is 30.3 Å². The lowest BCUT2D eigenvalue weighted by Crippen LogP contribution is -2.00. The zero-order chi connectivity index (χ0) is 14.2. The van der Waals surface area contributed by atoms with E-state index in [9.17, 15) is 4.79 Å². The zero-order valence-electron chi connectivity index (χ0n) is 11.9. The predicted molar refractivity (Wildman–Crippen MR) is 84.9 cm³/mol. The van der Waals surface area contributed by atoms with Crippen LogP contribution in [0.5, 0.6) is 0 Å². The third-order valence-corrected chi connectivity index (χ3v) is 4.46. The number of hydrogen-bond acceptors (Lipinski definition) is 1. The summed E-state index contributed by atoms with van der Waals surface area (Å²) in [7, 11) is 0. The molecule has 0 saturated heterocycles. The van der Waals surface area contributed by atoms with Crippen molar-refractivity contribution in [1.29, 1.82) is 0 Å². The number of rotatable bonds is 3. The summed E-state index contributed by atoms with van der Waals surface area (Å²) in [6.07, 6.45) is 6.72. The largest absolute Gasteiger partial charge is 0.342 e. The molecule has 104 valence electrons. The molecular formula is C19H17NO. The number of aryl methyl sites for hydroxylation is 2. The van der Waals surface area contributed by atoms with Gasteiger partial charge >= 0.3 is 0 Å². The fourth-order valence-electron chi connectivity index (χ4n) is 3.44. The number of nitrogens with zero attached hydrogens (tertiary/aromatic N) is 1. The Morgan fingerprint density at radius 1 is 1.05 bits per heavy atom. The highest BCUT2D eigenvalue weighted by Crippen LogP contribution is 2.25. The van der Waals surface area contributed by atoms with Crippen LogP contribution in [0.3, 0.4) is 0 Å². The Morgan fingerprint density at radius 3 is 2.86 bits per heavy atom. The molecule has 1 aliphatic carbocycles. The van der Waals surface area contributed by atoms with Crippen LogP contribution >= 0.6 is 0 Å². The van der Waals surface area contributed by atoms with Crippen molar-refractivity contribution >= 4 is 17.2 Å². The van der Waals surface area contributed by atoms with E-state index in [1.165, 1.54) is 36.0 Å². The first-order valence-electron chi connectivity index (χ1n) is 7.49. The number of carbonyl (C=O) groups is 1. The van der Waals surface area contributed by atoms with Crippen LogP contribution in [-0.4, -0.2) is 10.9 Å². The van der Waals surface area contributed by atoms with Gasteiger partial charge < -0.3 is 4.57 Å². The highest BCUT2D eigenvalue weighted by Gasteiger charge is 2.12. The van der Waals surface area contributed by atoms with Gasteiger partial charge in [0.15, 0.2) is 6.29 Å². The van der Waals surface area contributed by atoms with Gasteiger partial charge in [-0.2, -0.15) is 0 Å². The molecule has 3 aromatic rings. The topological polar surface area (TPSA) is 22.0 Å². The summed E-state index contributed by atoms with van der Waals surface area (Å²) in [5.41, 5.74) is 6.12. The number of aldehydes is 1. The minimum Gasteiger partial charge on any atom is -0.342 e. The van der Waals surface area contributed by atoms with E-state index in [0.29, 0.717) is 0 Å². The fraction of sp³-hybridized carbons (Fsp3) is 0.211. The maximum Gasteiger partial charge on any atom is 0.152 e. The molecule has 1 aromatic heterocycles. The first kappa shape index (κ1) is 12.4. The Hall–Kier alpha value is -2.35. The lowest BCUT2D eigenvalue weighted by atomic mass is 10.1. The molecule has 0 spiro atoms. The van der Waals surface area contributed by atoms with Crippen molar-refractivity contribution in [3.63, 3.8) is 0 Å². The second kappa shape index (κ2) is 4.88. The molecule has 0 radical (unpaired) electrons. The molecule has 2 aromatic carbocycles. The molecule has 0 saturated carbocycles. The van der Waals surface area contributed by atoms with Gasteiger partial charge in [0.2, 0.25) is 0 Å². The molecule has 1 aliphatic rings. The summed E-state index contributed by atoms with van der Waals surface area (Å²) >= 11 is 0. The summed E-state index contributed by atoms with van der Waals surface area (Å²) in [6.45, 7) is 0.821. The van der Waals surface area contributed by atoms with Gasteiger partial charge in [-0.05, 0) is 48.1 Å². The monoisotopic (exact) mass is 275 g/mol. The Kier molecular flexibility index (Phi) is 2.88. The highest BCUT2D eigenvalue weighted by molar-refractivity contribution is 5.96. The average Bonchev–Trinajstić information content (AvgIpc) is 3.13. The number of fused-ring (bicyclic) bond motifs is 2. The molecule has 1 heterocycles. The van der Waals surface area contributed by atoms with Crippen LogP contribution < -0.4 is 0 Å². The molecule has 2 nitrogen and oxygen atoms in total. The third-order valence-electron chi connectivity index (χ3n) is 4.46. The molecular weight excluding hydrogens is 258 g/mol. The molecule has 4 rings (SSSR count). The van der Waals surface area contributed by atoms with E-state index in [1.807, 2.05) is 12.1 Å². The van der Waals surface area contributed by atoms with E-state index in [1.54, 1.807) is 0 Å². The van der Waals surface area contributed by atoms with Crippen molar-refractivity contribution in [2.45, 2.75) is 25.8 Å². The fourth-order valence-corrected chi connectivity index (χ4v) is 3.44. The molecule has 0 bridgehead atoms. The Bertz CT molecular complexity index is 829. The zero-order valence-corrected chi connectivity index (χ0v) is 11.9. The molecule has 0 atom stereocenters. The molecule has 0 amide bonds. The van der Waals surface area contributed by atoms with E-state index in [4.69, 9.17) is 0 Å². The lowest BCUT2D eigenvalue weighted by Gasteiger charge is -2.09. The van der Waals surface area contributed by atoms with Crippen LogP contribution in [0.1, 0.15) is 33.5 Å². The van der Waals surface area contributed by atoms with E-state index < -0.39 is 0 Å². The van der Waals surface area contributed by atoms with Crippen LogP contribution in [0, 0.1) is 0 Å². The number of aromatic nitrogens is 1. The van der Waals surface area contributed by atoms with E-state index in [-0.39, 0.29) is 0 Å². The predicted octanol–water partition coefficient (Wildman–Crippen LogP) is 3.99. The van der Waals surface area contributed by atoms with Gasteiger partial charge in [-0.15, -0.1) is 0 Å². The molecule has 2 heteroatoms. The van der Waals surface area contributed by atoms with Crippen LogP contribution in [0.25, 0.3) is 10.9 Å². The molecule has 0 fully saturated rings. The van der Waals surface area contributed by atoms with E-state index in [2.05, 4.69) is 41.1 Å². The Labute approximate surface area is 124 Å². The molecule has 0 N–H and O–H groups in total. The second-order valence-electron chi connectivity index (χ2n) is 5.80.